The lowest BCUT2D eigenvalue weighted by atomic mass is 10.1. The van der Waals surface area contributed by atoms with Crippen LogP contribution in [-0.2, 0) is 20.9 Å². The zero-order chi connectivity index (χ0) is 14.2. The molecule has 1 aromatic carbocycles. The smallest absolute Gasteiger partial charge is 0.300 e. The minimum atomic E-state index is -3.45. The van der Waals surface area contributed by atoms with E-state index in [9.17, 15) is 8.42 Å². The molecule has 2 fully saturated rings. The summed E-state index contributed by atoms with van der Waals surface area (Å²) in [5.74, 6) is 0. The molecule has 110 valence electrons. The highest BCUT2D eigenvalue weighted by atomic mass is 35.5. The fraction of sp³-hybridized carbons (Fsp3) is 0.538. The Kier molecular flexibility index (Phi) is 4.01. The molecule has 2 aliphatic heterocycles. The van der Waals surface area contributed by atoms with Crippen molar-refractivity contribution in [3.05, 3.63) is 34.9 Å². The van der Waals surface area contributed by atoms with Crippen LogP contribution in [0.1, 0.15) is 5.56 Å². The van der Waals surface area contributed by atoms with Gasteiger partial charge < -0.3 is 4.90 Å². The summed E-state index contributed by atoms with van der Waals surface area (Å²) in [7, 11) is -3.45. The molecule has 0 radical (unpaired) electrons. The number of piperazine rings is 1. The molecule has 0 N–H and O–H groups in total. The first kappa shape index (κ1) is 14.3. The first-order chi connectivity index (χ1) is 9.54. The number of hydrogen-bond acceptors (Lipinski definition) is 4. The van der Waals surface area contributed by atoms with Crippen LogP contribution >= 0.6 is 11.6 Å². The Bertz CT molecular complexity index is 593. The Hall–Kier alpha value is -0.660. The number of fused-ring (bicyclic) bond motifs is 1. The monoisotopic (exact) mass is 316 g/mol. The molecule has 1 aromatic rings. The minimum absolute atomic E-state index is 0.0342. The van der Waals surface area contributed by atoms with Gasteiger partial charge in [-0.1, -0.05) is 23.7 Å². The third-order valence-electron chi connectivity index (χ3n) is 3.82. The van der Waals surface area contributed by atoms with Crippen molar-refractivity contribution < 1.29 is 12.6 Å². The van der Waals surface area contributed by atoms with E-state index in [1.165, 1.54) is 9.87 Å². The molecule has 2 saturated heterocycles. The number of hydrogen-bond donors (Lipinski definition) is 0. The van der Waals surface area contributed by atoms with Crippen molar-refractivity contribution in [2.75, 3.05) is 32.8 Å². The van der Waals surface area contributed by atoms with Gasteiger partial charge in [-0.2, -0.15) is 12.7 Å². The van der Waals surface area contributed by atoms with Gasteiger partial charge in [0.05, 0.1) is 12.6 Å². The number of benzene rings is 1. The summed E-state index contributed by atoms with van der Waals surface area (Å²) in [6.07, 6.45) is 0.918. The predicted octanol–water partition coefficient (Wildman–Crippen LogP) is 1.14. The molecule has 0 amide bonds. The Morgan fingerprint density at radius 1 is 1.35 bits per heavy atom. The van der Waals surface area contributed by atoms with Crippen LogP contribution in [0.3, 0.4) is 0 Å². The molecular weight excluding hydrogens is 300 g/mol. The molecule has 0 unspecified atom stereocenters. The van der Waals surface area contributed by atoms with Crippen molar-refractivity contribution >= 4 is 21.9 Å². The summed E-state index contributed by atoms with van der Waals surface area (Å²) >= 11 is 5.97. The predicted molar refractivity (Wildman–Crippen MR) is 77.0 cm³/mol. The summed E-state index contributed by atoms with van der Waals surface area (Å²) in [6.45, 7) is 3.18. The quantitative estimate of drug-likeness (QED) is 0.839. The van der Waals surface area contributed by atoms with Crippen LogP contribution in [0.4, 0.5) is 0 Å². The molecule has 0 saturated carbocycles. The largest absolute Gasteiger partial charge is 0.338 e. The van der Waals surface area contributed by atoms with Crippen molar-refractivity contribution in [2.24, 2.45) is 0 Å². The van der Waals surface area contributed by atoms with Crippen molar-refractivity contribution in [3.8, 4) is 0 Å². The van der Waals surface area contributed by atoms with Gasteiger partial charge in [0.2, 0.25) is 0 Å². The molecule has 2 aliphatic rings. The van der Waals surface area contributed by atoms with Gasteiger partial charge in [-0.3, -0.25) is 4.18 Å². The lowest BCUT2D eigenvalue weighted by Gasteiger charge is -2.34. The second-order valence-electron chi connectivity index (χ2n) is 5.19. The van der Waals surface area contributed by atoms with Crippen LogP contribution in [0.5, 0.6) is 0 Å². The van der Waals surface area contributed by atoms with Crippen LogP contribution < -0.4 is 0 Å². The molecule has 0 spiro atoms. The lowest BCUT2D eigenvalue weighted by molar-refractivity contribution is 0.142. The van der Waals surface area contributed by atoms with E-state index in [2.05, 4.69) is 11.0 Å². The topological polar surface area (TPSA) is 49.9 Å². The van der Waals surface area contributed by atoms with Crippen LogP contribution in [-0.4, -0.2) is 56.5 Å². The summed E-state index contributed by atoms with van der Waals surface area (Å²) < 4.78 is 29.5. The van der Waals surface area contributed by atoms with E-state index >= 15 is 0 Å². The third kappa shape index (κ3) is 2.99. The average molecular weight is 317 g/mol. The van der Waals surface area contributed by atoms with E-state index in [0.717, 1.165) is 31.1 Å². The highest BCUT2D eigenvalue weighted by Gasteiger charge is 2.41. The normalized spacial score (nSPS) is 26.6. The number of nitrogens with zero attached hydrogens (tertiary/aromatic N) is 2. The van der Waals surface area contributed by atoms with E-state index in [-0.39, 0.29) is 12.6 Å². The molecule has 0 aromatic heterocycles. The van der Waals surface area contributed by atoms with Gasteiger partial charge in [0.1, 0.15) is 0 Å². The first-order valence-electron chi connectivity index (χ1n) is 6.67. The van der Waals surface area contributed by atoms with Crippen LogP contribution in [0.2, 0.25) is 5.02 Å². The van der Waals surface area contributed by atoms with E-state index in [1.807, 2.05) is 18.2 Å². The van der Waals surface area contributed by atoms with Gasteiger partial charge >= 0.3 is 10.3 Å². The van der Waals surface area contributed by atoms with Crippen LogP contribution in [0.15, 0.2) is 24.3 Å². The summed E-state index contributed by atoms with van der Waals surface area (Å²) in [5.41, 5.74) is 1.20. The van der Waals surface area contributed by atoms with E-state index in [4.69, 9.17) is 15.8 Å². The highest BCUT2D eigenvalue weighted by Crippen LogP contribution is 2.22. The maximum Gasteiger partial charge on any atom is 0.338 e. The van der Waals surface area contributed by atoms with Crippen molar-refractivity contribution in [1.82, 2.24) is 9.21 Å². The minimum Gasteiger partial charge on any atom is -0.300 e. The van der Waals surface area contributed by atoms with Gasteiger partial charge in [0, 0.05) is 31.2 Å². The molecule has 0 bridgehead atoms. The first-order valence-corrected chi connectivity index (χ1v) is 8.42. The standard InChI is InChI=1S/C13H17ClN2O3S/c14-12-3-1-2-11(8-12)4-5-15-6-7-16-13(9-15)10-19-20(16,17)18/h1-3,8,13H,4-7,9-10H2/t13-/m0/s1. The molecule has 7 heteroatoms. The fourth-order valence-corrected chi connectivity index (χ4v) is 4.22. The Balaban J connectivity index is 1.56. The SMILES string of the molecule is O=S1(=O)OC[C@@H]2CN(CCc3cccc(Cl)c3)CCN21. The molecule has 3 rings (SSSR count). The Morgan fingerprint density at radius 3 is 3.00 bits per heavy atom. The van der Waals surface area contributed by atoms with E-state index < -0.39 is 10.3 Å². The molecule has 20 heavy (non-hydrogen) atoms. The highest BCUT2D eigenvalue weighted by molar-refractivity contribution is 7.84. The lowest BCUT2D eigenvalue weighted by Crippen LogP contribution is -2.52. The summed E-state index contributed by atoms with van der Waals surface area (Å²) in [4.78, 5) is 2.28. The summed E-state index contributed by atoms with van der Waals surface area (Å²) in [5, 5.41) is 0.752. The van der Waals surface area contributed by atoms with Gasteiger partial charge in [0.15, 0.2) is 0 Å². The maximum atomic E-state index is 11.6. The zero-order valence-electron chi connectivity index (χ0n) is 11.0. The third-order valence-corrected chi connectivity index (χ3v) is 5.54. The van der Waals surface area contributed by atoms with E-state index in [1.54, 1.807) is 0 Å². The molecule has 1 atom stereocenters. The summed E-state index contributed by atoms with van der Waals surface area (Å²) in [6, 6.07) is 7.82. The zero-order valence-corrected chi connectivity index (χ0v) is 12.6. The average Bonchev–Trinajstić information content (AvgIpc) is 2.72. The van der Waals surface area contributed by atoms with Gasteiger partial charge in [-0.15, -0.1) is 0 Å². The molecule has 0 aliphatic carbocycles. The molecular formula is C13H17ClN2O3S. The van der Waals surface area contributed by atoms with Crippen molar-refractivity contribution in [3.63, 3.8) is 0 Å². The fourth-order valence-electron chi connectivity index (χ4n) is 2.75. The van der Waals surface area contributed by atoms with Gasteiger partial charge in [0.25, 0.3) is 0 Å². The molecule has 5 nitrogen and oxygen atoms in total. The Labute approximate surface area is 124 Å². The van der Waals surface area contributed by atoms with Crippen LogP contribution in [0.25, 0.3) is 0 Å². The van der Waals surface area contributed by atoms with Crippen molar-refractivity contribution in [1.29, 1.82) is 0 Å². The second-order valence-corrected chi connectivity index (χ2v) is 7.18. The number of halogens is 1. The van der Waals surface area contributed by atoms with Gasteiger partial charge in [-0.05, 0) is 24.1 Å². The van der Waals surface area contributed by atoms with Crippen molar-refractivity contribution in [2.45, 2.75) is 12.5 Å². The molecule has 2 heterocycles. The second kappa shape index (κ2) is 5.61. The number of rotatable bonds is 3. The Morgan fingerprint density at radius 2 is 2.20 bits per heavy atom. The van der Waals surface area contributed by atoms with E-state index in [0.29, 0.717) is 6.54 Å². The van der Waals surface area contributed by atoms with Crippen LogP contribution in [0, 0.1) is 0 Å². The van der Waals surface area contributed by atoms with Gasteiger partial charge in [-0.25, -0.2) is 0 Å². The maximum absolute atomic E-state index is 11.6.